The fraction of sp³-hybridized carbons (Fsp3) is 0.417. The number of nitrogen functional groups attached to an aromatic ring is 1. The van der Waals surface area contributed by atoms with Gasteiger partial charge in [0.05, 0.1) is 36.2 Å². The van der Waals surface area contributed by atoms with Gasteiger partial charge in [-0.05, 0) is 19.3 Å². The minimum absolute atomic E-state index is 0.549. The monoisotopic (exact) mass is 244 g/mol. The second-order valence-corrected chi connectivity index (χ2v) is 4.51. The highest BCUT2D eigenvalue weighted by molar-refractivity contribution is 5.43. The standard InChI is InChI=1S/C12H16N6/c13-10-6-16-18(9-10)12-14-7-11(8-15-12)17-4-2-1-3-5-17/h6-9H,1-5,13H2. The van der Waals surface area contributed by atoms with Crippen molar-refractivity contribution < 1.29 is 0 Å². The van der Waals surface area contributed by atoms with E-state index in [1.165, 1.54) is 19.3 Å². The molecule has 0 aliphatic carbocycles. The average Bonchev–Trinajstić information content (AvgIpc) is 2.87. The summed E-state index contributed by atoms with van der Waals surface area (Å²) in [6, 6.07) is 0. The number of hydrogen-bond acceptors (Lipinski definition) is 5. The number of piperidine rings is 1. The molecule has 0 spiro atoms. The van der Waals surface area contributed by atoms with Crippen LogP contribution >= 0.6 is 0 Å². The Morgan fingerprint density at radius 3 is 2.33 bits per heavy atom. The molecular formula is C12H16N6. The Balaban J connectivity index is 1.80. The largest absolute Gasteiger partial charge is 0.396 e. The molecule has 94 valence electrons. The molecule has 2 aromatic rings. The van der Waals surface area contributed by atoms with Crippen molar-refractivity contribution in [1.29, 1.82) is 0 Å². The molecule has 1 aliphatic rings. The lowest BCUT2D eigenvalue weighted by atomic mass is 10.1. The van der Waals surface area contributed by atoms with Crippen molar-refractivity contribution in [2.24, 2.45) is 0 Å². The van der Waals surface area contributed by atoms with Crippen LogP contribution in [0, 0.1) is 0 Å². The average molecular weight is 244 g/mol. The fourth-order valence-corrected chi connectivity index (χ4v) is 2.19. The Morgan fingerprint density at radius 1 is 1.00 bits per heavy atom. The quantitative estimate of drug-likeness (QED) is 0.860. The van der Waals surface area contributed by atoms with Crippen molar-refractivity contribution in [1.82, 2.24) is 19.7 Å². The molecule has 0 aromatic carbocycles. The summed E-state index contributed by atoms with van der Waals surface area (Å²) in [4.78, 5) is 11.0. The molecule has 3 heterocycles. The molecule has 2 N–H and O–H groups in total. The Bertz CT molecular complexity index is 512. The highest BCUT2D eigenvalue weighted by Gasteiger charge is 2.12. The van der Waals surface area contributed by atoms with Gasteiger partial charge >= 0.3 is 0 Å². The van der Waals surface area contributed by atoms with Crippen LogP contribution in [0.25, 0.3) is 5.95 Å². The van der Waals surface area contributed by atoms with E-state index in [0.717, 1.165) is 18.8 Å². The number of nitrogens with zero attached hydrogens (tertiary/aromatic N) is 5. The molecular weight excluding hydrogens is 228 g/mol. The number of rotatable bonds is 2. The van der Waals surface area contributed by atoms with E-state index in [2.05, 4.69) is 20.0 Å². The number of anilines is 2. The molecule has 1 aliphatic heterocycles. The van der Waals surface area contributed by atoms with E-state index in [9.17, 15) is 0 Å². The van der Waals surface area contributed by atoms with Gasteiger partial charge in [0.15, 0.2) is 0 Å². The normalized spacial score (nSPS) is 15.9. The van der Waals surface area contributed by atoms with Crippen molar-refractivity contribution >= 4 is 11.4 Å². The van der Waals surface area contributed by atoms with E-state index in [-0.39, 0.29) is 0 Å². The Kier molecular flexibility index (Phi) is 2.84. The summed E-state index contributed by atoms with van der Waals surface area (Å²) in [5.74, 6) is 0.549. The molecule has 0 atom stereocenters. The van der Waals surface area contributed by atoms with Crippen molar-refractivity contribution in [3.8, 4) is 5.95 Å². The zero-order valence-electron chi connectivity index (χ0n) is 10.2. The second-order valence-electron chi connectivity index (χ2n) is 4.51. The molecule has 0 bridgehead atoms. The molecule has 1 saturated heterocycles. The van der Waals surface area contributed by atoms with Gasteiger partial charge in [-0.15, -0.1) is 0 Å². The van der Waals surface area contributed by atoms with Gasteiger partial charge in [-0.2, -0.15) is 5.10 Å². The van der Waals surface area contributed by atoms with Crippen LogP contribution in [0.2, 0.25) is 0 Å². The zero-order valence-corrected chi connectivity index (χ0v) is 10.2. The summed E-state index contributed by atoms with van der Waals surface area (Å²) in [5.41, 5.74) is 7.31. The van der Waals surface area contributed by atoms with Gasteiger partial charge in [-0.3, -0.25) is 0 Å². The Labute approximate surface area is 105 Å². The third-order valence-electron chi connectivity index (χ3n) is 3.15. The van der Waals surface area contributed by atoms with Gasteiger partial charge < -0.3 is 10.6 Å². The van der Waals surface area contributed by atoms with Crippen LogP contribution in [-0.2, 0) is 0 Å². The number of nitrogens with two attached hydrogens (primary N) is 1. The minimum atomic E-state index is 0.549. The molecule has 1 fully saturated rings. The van der Waals surface area contributed by atoms with Crippen LogP contribution in [0.3, 0.4) is 0 Å². The molecule has 0 unspecified atom stereocenters. The van der Waals surface area contributed by atoms with Gasteiger partial charge in [0.2, 0.25) is 0 Å². The molecule has 6 heteroatoms. The van der Waals surface area contributed by atoms with E-state index >= 15 is 0 Å². The van der Waals surface area contributed by atoms with Crippen LogP contribution in [0.4, 0.5) is 11.4 Å². The van der Waals surface area contributed by atoms with Crippen molar-refractivity contribution in [3.05, 3.63) is 24.8 Å². The number of aromatic nitrogens is 4. The molecule has 6 nitrogen and oxygen atoms in total. The first-order valence-corrected chi connectivity index (χ1v) is 6.20. The van der Waals surface area contributed by atoms with Crippen LogP contribution < -0.4 is 10.6 Å². The van der Waals surface area contributed by atoms with Gasteiger partial charge in [-0.1, -0.05) is 0 Å². The third-order valence-corrected chi connectivity index (χ3v) is 3.15. The Morgan fingerprint density at radius 2 is 1.72 bits per heavy atom. The van der Waals surface area contributed by atoms with Gasteiger partial charge in [-0.25, -0.2) is 14.6 Å². The summed E-state index contributed by atoms with van der Waals surface area (Å²) < 4.78 is 1.58. The lowest BCUT2D eigenvalue weighted by Crippen LogP contribution is -2.29. The highest BCUT2D eigenvalue weighted by atomic mass is 15.3. The van der Waals surface area contributed by atoms with E-state index in [4.69, 9.17) is 5.73 Å². The highest BCUT2D eigenvalue weighted by Crippen LogP contribution is 2.18. The van der Waals surface area contributed by atoms with E-state index in [1.807, 2.05) is 12.4 Å². The van der Waals surface area contributed by atoms with E-state index in [0.29, 0.717) is 11.6 Å². The molecule has 18 heavy (non-hydrogen) atoms. The van der Waals surface area contributed by atoms with E-state index in [1.54, 1.807) is 17.1 Å². The molecule has 0 radical (unpaired) electrons. The first-order chi connectivity index (χ1) is 8.83. The molecule has 0 saturated carbocycles. The lowest BCUT2D eigenvalue weighted by Gasteiger charge is -2.28. The van der Waals surface area contributed by atoms with Crippen LogP contribution in [0.15, 0.2) is 24.8 Å². The van der Waals surface area contributed by atoms with Crippen molar-refractivity contribution in [2.75, 3.05) is 23.7 Å². The number of hydrogen-bond donors (Lipinski definition) is 1. The van der Waals surface area contributed by atoms with Crippen LogP contribution in [0.1, 0.15) is 19.3 Å². The molecule has 3 rings (SSSR count). The summed E-state index contributed by atoms with van der Waals surface area (Å²) >= 11 is 0. The summed E-state index contributed by atoms with van der Waals surface area (Å²) in [5, 5.41) is 4.08. The summed E-state index contributed by atoms with van der Waals surface area (Å²) in [6.45, 7) is 2.19. The van der Waals surface area contributed by atoms with Gasteiger partial charge in [0.1, 0.15) is 0 Å². The maximum absolute atomic E-state index is 5.62. The van der Waals surface area contributed by atoms with Crippen molar-refractivity contribution in [3.63, 3.8) is 0 Å². The predicted octanol–water partition coefficient (Wildman–Crippen LogP) is 1.23. The third kappa shape index (κ3) is 2.13. The summed E-state index contributed by atoms with van der Waals surface area (Å²) in [7, 11) is 0. The zero-order chi connectivity index (χ0) is 12.4. The summed E-state index contributed by atoms with van der Waals surface area (Å²) in [6.07, 6.45) is 10.8. The van der Waals surface area contributed by atoms with Crippen molar-refractivity contribution in [2.45, 2.75) is 19.3 Å². The van der Waals surface area contributed by atoms with E-state index < -0.39 is 0 Å². The van der Waals surface area contributed by atoms with Gasteiger partial charge in [0.25, 0.3) is 5.95 Å². The smallest absolute Gasteiger partial charge is 0.250 e. The SMILES string of the molecule is Nc1cnn(-c2ncc(N3CCCCC3)cn2)c1. The Hall–Kier alpha value is -2.11. The lowest BCUT2D eigenvalue weighted by molar-refractivity contribution is 0.576. The second kappa shape index (κ2) is 4.64. The van der Waals surface area contributed by atoms with Crippen LogP contribution in [0.5, 0.6) is 0 Å². The minimum Gasteiger partial charge on any atom is -0.396 e. The van der Waals surface area contributed by atoms with Gasteiger partial charge in [0, 0.05) is 13.1 Å². The maximum atomic E-state index is 5.62. The maximum Gasteiger partial charge on any atom is 0.250 e. The molecule has 0 amide bonds. The first-order valence-electron chi connectivity index (χ1n) is 6.20. The predicted molar refractivity (Wildman–Crippen MR) is 69.6 cm³/mol. The topological polar surface area (TPSA) is 72.9 Å². The fourth-order valence-electron chi connectivity index (χ4n) is 2.19. The molecule has 2 aromatic heterocycles. The van der Waals surface area contributed by atoms with Crippen LogP contribution in [-0.4, -0.2) is 32.8 Å². The first kappa shape index (κ1) is 11.0.